The summed E-state index contributed by atoms with van der Waals surface area (Å²) in [6.07, 6.45) is 0. The van der Waals surface area contributed by atoms with Crippen molar-refractivity contribution in [2.45, 2.75) is 25.7 Å². The minimum absolute atomic E-state index is 0.112. The summed E-state index contributed by atoms with van der Waals surface area (Å²) in [6, 6.07) is 10.1. The average molecular weight is 477 g/mol. The Morgan fingerprint density at radius 3 is 2.36 bits per heavy atom. The minimum Gasteiger partial charge on any atom is -0.482 e. The van der Waals surface area contributed by atoms with Gasteiger partial charge in [-0.05, 0) is 61.7 Å². The lowest BCUT2D eigenvalue weighted by atomic mass is 10.1. The summed E-state index contributed by atoms with van der Waals surface area (Å²) in [5.41, 5.74) is 3.00. The number of hydrogen-bond acceptors (Lipinski definition) is 7. The fourth-order valence-electron chi connectivity index (χ4n) is 3.21. The second-order valence-electron chi connectivity index (χ2n) is 7.74. The lowest BCUT2D eigenvalue weighted by Gasteiger charge is -2.26. The van der Waals surface area contributed by atoms with Gasteiger partial charge in [-0.3, -0.25) is 4.79 Å². The third kappa shape index (κ3) is 6.53. The van der Waals surface area contributed by atoms with Gasteiger partial charge in [-0.25, -0.2) is 13.2 Å². The number of hydrogen-bond donors (Lipinski definition) is 1. The number of carbonyl (C=O) groups excluding carboxylic acids is 2. The number of nitrogens with zero attached hydrogens (tertiary/aromatic N) is 1. The van der Waals surface area contributed by atoms with Crippen LogP contribution in [-0.4, -0.2) is 64.1 Å². The lowest BCUT2D eigenvalue weighted by molar-refractivity contribution is -0.149. The summed E-state index contributed by atoms with van der Waals surface area (Å²) in [4.78, 5) is 24.2. The summed E-state index contributed by atoms with van der Waals surface area (Å²) < 4.78 is 42.9. The van der Waals surface area contributed by atoms with Crippen LogP contribution in [0.2, 0.25) is 0 Å². The van der Waals surface area contributed by atoms with Crippen molar-refractivity contribution in [3.05, 3.63) is 53.1 Å². The number of benzene rings is 2. The van der Waals surface area contributed by atoms with Crippen molar-refractivity contribution >= 4 is 27.6 Å². The molecule has 33 heavy (non-hydrogen) atoms. The van der Waals surface area contributed by atoms with Gasteiger partial charge in [-0.2, -0.15) is 4.31 Å². The van der Waals surface area contributed by atoms with Gasteiger partial charge >= 0.3 is 5.97 Å². The second-order valence-corrected chi connectivity index (χ2v) is 9.65. The van der Waals surface area contributed by atoms with E-state index in [1.54, 1.807) is 25.1 Å². The molecule has 10 heteroatoms. The summed E-state index contributed by atoms with van der Waals surface area (Å²) in [5.74, 6) is -0.746. The smallest absolute Gasteiger partial charge is 0.344 e. The predicted molar refractivity (Wildman–Crippen MR) is 122 cm³/mol. The van der Waals surface area contributed by atoms with E-state index in [-0.39, 0.29) is 24.6 Å². The lowest BCUT2D eigenvalue weighted by Crippen LogP contribution is -2.40. The molecule has 0 saturated carbocycles. The van der Waals surface area contributed by atoms with Gasteiger partial charge in [0.05, 0.1) is 18.1 Å². The third-order valence-electron chi connectivity index (χ3n) is 5.26. The van der Waals surface area contributed by atoms with E-state index in [9.17, 15) is 18.0 Å². The van der Waals surface area contributed by atoms with Crippen LogP contribution in [0.3, 0.4) is 0 Å². The molecule has 0 spiro atoms. The Morgan fingerprint density at radius 2 is 1.67 bits per heavy atom. The highest BCUT2D eigenvalue weighted by Crippen LogP contribution is 2.24. The molecule has 0 atom stereocenters. The molecule has 2 aromatic carbocycles. The van der Waals surface area contributed by atoms with Crippen LogP contribution >= 0.6 is 0 Å². The minimum atomic E-state index is -3.72. The van der Waals surface area contributed by atoms with Gasteiger partial charge in [-0.1, -0.05) is 12.1 Å². The third-order valence-corrected chi connectivity index (χ3v) is 7.30. The fourth-order valence-corrected chi connectivity index (χ4v) is 4.87. The Kier molecular flexibility index (Phi) is 8.06. The van der Waals surface area contributed by atoms with Gasteiger partial charge < -0.3 is 19.5 Å². The Morgan fingerprint density at radius 1 is 0.970 bits per heavy atom. The molecule has 0 bridgehead atoms. The fraction of sp³-hybridized carbons (Fsp3) is 0.391. The van der Waals surface area contributed by atoms with Gasteiger partial charge in [-0.15, -0.1) is 0 Å². The maximum absolute atomic E-state index is 13.0. The van der Waals surface area contributed by atoms with E-state index in [0.29, 0.717) is 30.2 Å². The molecule has 0 radical (unpaired) electrons. The zero-order valence-electron chi connectivity index (χ0n) is 18.9. The molecule has 9 nitrogen and oxygen atoms in total. The topological polar surface area (TPSA) is 111 Å². The number of morpholine rings is 1. The van der Waals surface area contributed by atoms with E-state index in [0.717, 1.165) is 11.1 Å². The molecule has 1 aliphatic heterocycles. The molecule has 1 N–H and O–H groups in total. The monoisotopic (exact) mass is 476 g/mol. The van der Waals surface area contributed by atoms with Crippen LogP contribution in [0.1, 0.15) is 16.7 Å². The van der Waals surface area contributed by atoms with Gasteiger partial charge in [0.2, 0.25) is 10.0 Å². The van der Waals surface area contributed by atoms with Crippen LogP contribution in [0, 0.1) is 20.8 Å². The number of aryl methyl sites for hydroxylation is 3. The van der Waals surface area contributed by atoms with Crippen LogP contribution < -0.4 is 10.1 Å². The van der Waals surface area contributed by atoms with Gasteiger partial charge in [0.1, 0.15) is 5.75 Å². The second kappa shape index (κ2) is 10.8. The van der Waals surface area contributed by atoms with E-state index in [2.05, 4.69) is 5.32 Å². The molecular formula is C23H28N2O7S. The molecule has 1 fully saturated rings. The number of esters is 1. The van der Waals surface area contributed by atoms with E-state index in [4.69, 9.17) is 14.2 Å². The summed E-state index contributed by atoms with van der Waals surface area (Å²) >= 11 is 0. The van der Waals surface area contributed by atoms with E-state index in [1.165, 1.54) is 10.4 Å². The number of amides is 1. The quantitative estimate of drug-likeness (QED) is 0.582. The summed E-state index contributed by atoms with van der Waals surface area (Å²) in [5, 5.41) is 2.56. The SMILES string of the molecule is Cc1ccc(OCC(=O)OCC(=O)Nc2ccc(C)c(S(=O)(=O)N3CCOCC3)c2)cc1C. The van der Waals surface area contributed by atoms with Gasteiger partial charge in [0.15, 0.2) is 13.2 Å². The van der Waals surface area contributed by atoms with Crippen LogP contribution in [0.4, 0.5) is 5.69 Å². The maximum atomic E-state index is 13.0. The first-order valence-electron chi connectivity index (χ1n) is 10.5. The molecule has 2 aromatic rings. The first-order valence-corrected chi connectivity index (χ1v) is 11.9. The molecule has 3 rings (SSSR count). The first kappa shape index (κ1) is 24.7. The standard InChI is InChI=1S/C23H28N2O7S/c1-16-5-7-20(12-18(16)3)31-15-23(27)32-14-22(26)24-19-6-4-17(2)21(13-19)33(28,29)25-8-10-30-11-9-25/h4-7,12-13H,8-11,14-15H2,1-3H3,(H,24,26). The van der Waals surface area contributed by atoms with Crippen molar-refractivity contribution in [2.24, 2.45) is 0 Å². The number of rotatable bonds is 8. The zero-order chi connectivity index (χ0) is 24.0. The van der Waals surface area contributed by atoms with E-state index < -0.39 is 28.5 Å². The Balaban J connectivity index is 1.54. The van der Waals surface area contributed by atoms with Crippen LogP contribution in [-0.2, 0) is 29.1 Å². The average Bonchev–Trinajstić information content (AvgIpc) is 2.80. The molecule has 0 aromatic heterocycles. The van der Waals surface area contributed by atoms with E-state index in [1.807, 2.05) is 26.0 Å². The number of sulfonamides is 1. The molecule has 1 saturated heterocycles. The van der Waals surface area contributed by atoms with Crippen molar-refractivity contribution in [1.82, 2.24) is 4.31 Å². The van der Waals surface area contributed by atoms with Crippen molar-refractivity contribution in [3.63, 3.8) is 0 Å². The van der Waals surface area contributed by atoms with Crippen molar-refractivity contribution in [2.75, 3.05) is 44.8 Å². The molecule has 0 unspecified atom stereocenters. The van der Waals surface area contributed by atoms with Gasteiger partial charge in [0.25, 0.3) is 5.91 Å². The number of anilines is 1. The number of nitrogens with one attached hydrogen (secondary N) is 1. The zero-order valence-corrected chi connectivity index (χ0v) is 19.7. The largest absolute Gasteiger partial charge is 0.482 e. The Bertz CT molecular complexity index is 1130. The maximum Gasteiger partial charge on any atom is 0.344 e. The molecule has 1 aliphatic rings. The van der Waals surface area contributed by atoms with Crippen molar-refractivity contribution in [1.29, 1.82) is 0 Å². The Labute approximate surface area is 193 Å². The highest BCUT2D eigenvalue weighted by molar-refractivity contribution is 7.89. The normalized spacial score (nSPS) is 14.5. The predicted octanol–water partition coefficient (Wildman–Crippen LogP) is 2.19. The molecule has 1 amide bonds. The highest BCUT2D eigenvalue weighted by Gasteiger charge is 2.28. The summed E-state index contributed by atoms with van der Waals surface area (Å²) in [7, 11) is -3.72. The molecule has 178 valence electrons. The van der Waals surface area contributed by atoms with Crippen molar-refractivity contribution in [3.8, 4) is 5.75 Å². The first-order chi connectivity index (χ1) is 15.7. The molecular weight excluding hydrogens is 448 g/mol. The van der Waals surface area contributed by atoms with E-state index >= 15 is 0 Å². The van der Waals surface area contributed by atoms with Gasteiger partial charge in [0, 0.05) is 18.8 Å². The summed E-state index contributed by atoms with van der Waals surface area (Å²) in [6.45, 7) is 5.99. The highest BCUT2D eigenvalue weighted by atomic mass is 32.2. The number of ether oxygens (including phenoxy) is 3. The van der Waals surface area contributed by atoms with Crippen LogP contribution in [0.5, 0.6) is 5.75 Å². The van der Waals surface area contributed by atoms with Crippen LogP contribution in [0.15, 0.2) is 41.3 Å². The molecule has 0 aliphatic carbocycles. The Hall–Kier alpha value is -2.95. The van der Waals surface area contributed by atoms with Crippen molar-refractivity contribution < 1.29 is 32.2 Å². The molecule has 1 heterocycles. The van der Waals surface area contributed by atoms with Crippen LogP contribution in [0.25, 0.3) is 0 Å². The number of carbonyl (C=O) groups is 2.